The van der Waals surface area contributed by atoms with Gasteiger partial charge in [-0.1, -0.05) is 164 Å². The topological polar surface area (TPSA) is 173 Å². The number of hydrogen-bond donors (Lipinski definition) is 7. The molecule has 3 aliphatic carbocycles. The van der Waals surface area contributed by atoms with Gasteiger partial charge in [-0.3, -0.25) is 30.3 Å². The first-order valence-electron chi connectivity index (χ1n) is 41.6. The Morgan fingerprint density at radius 2 is 0.694 bits per heavy atom. The van der Waals surface area contributed by atoms with Crippen molar-refractivity contribution in [2.24, 2.45) is 0 Å². The maximum absolute atomic E-state index is 13.5. The molecule has 26 heteroatoms. The summed E-state index contributed by atoms with van der Waals surface area (Å²) in [5, 5.41) is 29.1. The number of anilines is 3. The summed E-state index contributed by atoms with van der Waals surface area (Å²) in [7, 11) is 0. The van der Waals surface area contributed by atoms with Crippen LogP contribution in [0.25, 0.3) is 44.3 Å². The smallest absolute Gasteiger partial charge is 0.361 e. The predicted octanol–water partition coefficient (Wildman–Crippen LogP) is 22.2. The maximum Gasteiger partial charge on any atom is 0.416 e. The number of aromatic amines is 1. The van der Waals surface area contributed by atoms with E-state index in [2.05, 4.69) is 130 Å². The minimum Gasteiger partial charge on any atom is -0.361 e. The lowest BCUT2D eigenvalue weighted by molar-refractivity contribution is -0.143. The maximum atomic E-state index is 13.5. The number of hydrogen-bond acceptors (Lipinski definition) is 10. The van der Waals surface area contributed by atoms with Gasteiger partial charge in [-0.15, -0.1) is 0 Å². The van der Waals surface area contributed by atoms with Gasteiger partial charge in [-0.25, -0.2) is 13.2 Å². The molecule has 10 aromatic rings. The molecule has 1 aromatic heterocycles. The molecule has 4 heterocycles. The van der Waals surface area contributed by atoms with Crippen LogP contribution in [0.5, 0.6) is 0 Å². The number of likely N-dealkylation sites (tertiary alicyclic amines) is 3. The predicted molar refractivity (Wildman–Crippen MR) is 461 cm³/mol. The van der Waals surface area contributed by atoms with Gasteiger partial charge >= 0.3 is 12.4 Å². The van der Waals surface area contributed by atoms with Crippen molar-refractivity contribution in [1.29, 1.82) is 5.26 Å². The zero-order chi connectivity index (χ0) is 85.1. The highest BCUT2D eigenvalue weighted by molar-refractivity contribution is 6.31. The van der Waals surface area contributed by atoms with E-state index in [0.717, 1.165) is 106 Å². The minimum atomic E-state index is -4.95. The van der Waals surface area contributed by atoms with Crippen LogP contribution in [-0.2, 0) is 43.4 Å². The van der Waals surface area contributed by atoms with E-state index in [1.165, 1.54) is 153 Å². The highest BCUT2D eigenvalue weighted by Gasteiger charge is 2.43. The fourth-order valence-corrected chi connectivity index (χ4v) is 19.0. The van der Waals surface area contributed by atoms with Crippen LogP contribution < -0.4 is 31.9 Å². The zero-order valence-corrected chi connectivity index (χ0v) is 69.2. The second-order valence-electron chi connectivity index (χ2n) is 32.8. The van der Waals surface area contributed by atoms with Gasteiger partial charge < -0.3 is 35.6 Å². The fourth-order valence-electron chi connectivity index (χ4n) is 18.4. The summed E-state index contributed by atoms with van der Waals surface area (Å²) in [5.74, 6) is -2.38. The molecule has 6 aliphatic rings. The lowest BCUT2D eigenvalue weighted by atomic mass is 9.79. The summed E-state index contributed by atoms with van der Waals surface area (Å²) in [4.78, 5) is 49.6. The first-order valence-corrected chi connectivity index (χ1v) is 42.7. The van der Waals surface area contributed by atoms with Gasteiger partial charge in [0.05, 0.1) is 57.5 Å². The SMILES string of the molecule is N#Cc1ccc(-c2ccc(C3(NCC(=O)Nc4ccc(F)c(Cl)c4)CCN(C4CCCC4)CC3)cc2)cc1.O=C(CNC1(c2ccc(-c3cc(C(F)(F)F)cc(C(F)(F)F)c3)cc2)CCN(C2CCCC2)CC1)Nc1ccc(F)c(Cl)c1.O=C(CNC1(c2ccc(-c3ccc4[nH]ccc4c3)cc2)CCN(C2CCCC2)CC1)Nc1ccc(F)c(Cl)c1. The number of aromatic nitrogens is 1. The molecule has 0 spiro atoms. The molecule has 121 heavy (non-hydrogen) atoms. The number of nitriles is 1. The molecule has 14 nitrogen and oxygen atoms in total. The van der Waals surface area contributed by atoms with E-state index >= 15 is 0 Å². The Morgan fingerprint density at radius 3 is 1.01 bits per heavy atom. The number of carbonyl (C=O) groups excluding carboxylic acids is 3. The molecular weight excluding hydrogens is 1620 g/mol. The largest absolute Gasteiger partial charge is 0.416 e. The average Bonchev–Trinajstić information content (AvgIpc) is 1.46. The van der Waals surface area contributed by atoms with Gasteiger partial charge in [0.2, 0.25) is 17.7 Å². The first-order chi connectivity index (χ1) is 58.2. The normalized spacial score (nSPS) is 17.9. The van der Waals surface area contributed by atoms with E-state index in [0.29, 0.717) is 65.7 Å². The number of nitrogens with zero attached hydrogens (tertiary/aromatic N) is 4. The molecule has 3 aliphatic heterocycles. The Hall–Kier alpha value is -9.58. The number of fused-ring (bicyclic) bond motifs is 1. The number of rotatable bonds is 21. The third-order valence-corrected chi connectivity index (χ3v) is 26.2. The molecule has 6 fully saturated rings. The van der Waals surface area contributed by atoms with Crippen molar-refractivity contribution in [2.75, 3.05) is 74.9 Å². The van der Waals surface area contributed by atoms with Crippen molar-refractivity contribution in [3.63, 3.8) is 0 Å². The molecule has 0 bridgehead atoms. The lowest BCUT2D eigenvalue weighted by Crippen LogP contribution is -2.54. The van der Waals surface area contributed by atoms with E-state index in [-0.39, 0.29) is 80.7 Å². The molecule has 634 valence electrons. The molecule has 7 N–H and O–H groups in total. The first kappa shape index (κ1) is 87.8. The molecule has 9 aromatic carbocycles. The Balaban J connectivity index is 0.000000149. The number of H-pyrrole nitrogens is 1. The summed E-state index contributed by atoms with van der Waals surface area (Å²) in [5.41, 5.74) is 6.67. The van der Waals surface area contributed by atoms with Gasteiger partial charge in [0.1, 0.15) is 17.5 Å². The zero-order valence-electron chi connectivity index (χ0n) is 66.9. The van der Waals surface area contributed by atoms with Crippen molar-refractivity contribution in [3.05, 3.63) is 266 Å². The summed E-state index contributed by atoms with van der Waals surface area (Å²) in [6.45, 7) is 5.73. The quantitative estimate of drug-likeness (QED) is 0.0343. The Bertz CT molecular complexity index is 5240. The Labute approximate surface area is 714 Å². The molecule has 3 saturated carbocycles. The minimum absolute atomic E-state index is 0.00717. The third-order valence-electron chi connectivity index (χ3n) is 25.3. The summed E-state index contributed by atoms with van der Waals surface area (Å²) in [6, 6.07) is 57.8. The molecule has 16 rings (SSSR count). The van der Waals surface area contributed by atoms with Crippen LogP contribution in [0.15, 0.2) is 200 Å². The second-order valence-corrected chi connectivity index (χ2v) is 34.0. The average molecular weight is 1720 g/mol. The van der Waals surface area contributed by atoms with E-state index < -0.39 is 46.5 Å². The Morgan fingerprint density at radius 1 is 0.388 bits per heavy atom. The highest BCUT2D eigenvalue weighted by atomic mass is 35.5. The van der Waals surface area contributed by atoms with E-state index in [9.17, 15) is 53.9 Å². The van der Waals surface area contributed by atoms with E-state index in [1.807, 2.05) is 30.5 Å². The lowest BCUT2D eigenvalue weighted by Gasteiger charge is -2.45. The number of halogens is 12. The molecule has 0 atom stereocenters. The third kappa shape index (κ3) is 21.9. The van der Waals surface area contributed by atoms with E-state index in [1.54, 1.807) is 12.1 Å². The number of carbonyl (C=O) groups is 3. The highest BCUT2D eigenvalue weighted by Crippen LogP contribution is 2.44. The standard InChI is InChI=1S/C32H31ClF7N3O.C32H34ClFN4O.C31H32ClFN4O/c33-27-18-25(9-10-28(27)34)42-29(44)19-41-30(11-13-43(14-12-30)26-3-1-2-4-26)22-7-5-20(6-8-22)21-15-23(31(35,36)37)17-24(16-21)32(38,39)40;33-28-20-26(10-11-29(28)34)37-31(39)21-36-32(14-17-38(18-15-32)27-3-1-2-4-27)25-8-5-22(6-9-25)23-7-12-30-24(19-23)13-16-35-30;32-28-19-26(13-14-29(28)33)36-30(38)21-35-31(15-17-37(18-16-31)27-3-1-2-4-27)25-11-9-24(10-12-25)23-7-5-22(20-34)6-8-23/h5-10,15-18,26,41H,1-4,11-14,19H2,(H,42,44);5-13,16,19-20,27,35-36H,1-4,14-15,17-18,21H2,(H,37,39);5-14,19,27,35H,1-4,15-18,21H2,(H,36,38). The van der Waals surface area contributed by atoms with Gasteiger partial charge in [0.15, 0.2) is 0 Å². The summed E-state index contributed by atoms with van der Waals surface area (Å²) in [6.07, 6.45) is 12.1. The van der Waals surface area contributed by atoms with E-state index in [4.69, 9.17) is 40.1 Å². The second kappa shape index (κ2) is 38.9. The number of piperidine rings is 3. The summed E-state index contributed by atoms with van der Waals surface area (Å²) >= 11 is 17.6. The van der Waals surface area contributed by atoms with Gasteiger partial charge in [0, 0.05) is 103 Å². The molecule has 3 saturated heterocycles. The molecule has 3 amide bonds. The van der Waals surface area contributed by atoms with Crippen molar-refractivity contribution in [1.82, 2.24) is 35.6 Å². The van der Waals surface area contributed by atoms with Crippen LogP contribution >= 0.6 is 34.8 Å². The van der Waals surface area contributed by atoms with Crippen molar-refractivity contribution in [3.8, 4) is 39.4 Å². The number of alkyl halides is 6. The summed E-state index contributed by atoms with van der Waals surface area (Å²) < 4.78 is 121. The molecular formula is C95H97Cl3F9N11O3. The van der Waals surface area contributed by atoms with Crippen LogP contribution in [-0.4, -0.2) is 114 Å². The van der Waals surface area contributed by atoms with Crippen LogP contribution in [0.4, 0.5) is 56.6 Å². The number of benzene rings is 9. The van der Waals surface area contributed by atoms with Crippen LogP contribution in [0.2, 0.25) is 15.1 Å². The van der Waals surface area contributed by atoms with Crippen LogP contribution in [0.1, 0.15) is 149 Å². The number of amides is 3. The molecule has 0 unspecified atom stereocenters. The van der Waals surface area contributed by atoms with Gasteiger partial charge in [-0.2, -0.15) is 31.6 Å². The van der Waals surface area contributed by atoms with Gasteiger partial charge in [0.25, 0.3) is 0 Å². The van der Waals surface area contributed by atoms with Crippen molar-refractivity contribution < 1.29 is 53.9 Å². The van der Waals surface area contributed by atoms with Crippen molar-refractivity contribution >= 4 is 80.5 Å². The number of nitrogens with one attached hydrogen (secondary N) is 7. The van der Waals surface area contributed by atoms with Gasteiger partial charge in [-0.05, 0) is 236 Å². The van der Waals surface area contributed by atoms with Crippen LogP contribution in [0, 0.1) is 28.8 Å². The monoisotopic (exact) mass is 1720 g/mol. The fraction of sp³-hybridized carbons (Fsp3) is 0.368. The molecule has 0 radical (unpaired) electrons. The Kier molecular flexibility index (Phi) is 28.2. The van der Waals surface area contributed by atoms with Crippen molar-refractivity contribution in [2.45, 2.75) is 163 Å². The van der Waals surface area contributed by atoms with Crippen LogP contribution in [0.3, 0.4) is 0 Å².